The molecule has 1 amide bonds. The summed E-state index contributed by atoms with van der Waals surface area (Å²) in [5, 5.41) is 8.46. The van der Waals surface area contributed by atoms with E-state index in [2.05, 4.69) is 15.5 Å². The van der Waals surface area contributed by atoms with Gasteiger partial charge in [-0.1, -0.05) is 30.3 Å². The van der Waals surface area contributed by atoms with E-state index in [4.69, 9.17) is 4.52 Å². The van der Waals surface area contributed by atoms with Crippen molar-refractivity contribution in [3.63, 3.8) is 0 Å². The number of hydrogen-bond acceptors (Lipinski definition) is 7. The van der Waals surface area contributed by atoms with Crippen molar-refractivity contribution < 1.29 is 17.7 Å². The molecule has 0 fully saturated rings. The van der Waals surface area contributed by atoms with Gasteiger partial charge in [0.25, 0.3) is 0 Å². The minimum absolute atomic E-state index is 0.00786. The Balaban J connectivity index is 1.70. The first-order chi connectivity index (χ1) is 13.8. The molecule has 8 nitrogen and oxygen atoms in total. The Morgan fingerprint density at radius 1 is 1.28 bits per heavy atom. The van der Waals surface area contributed by atoms with Gasteiger partial charge in [-0.05, 0) is 42.5 Å². The largest absolute Gasteiger partial charge is 0.345 e. The molecule has 1 atom stereocenters. The van der Waals surface area contributed by atoms with Crippen LogP contribution in [0.4, 0.5) is 5.69 Å². The summed E-state index contributed by atoms with van der Waals surface area (Å²) >= 11 is 1.48. The third-order valence-corrected chi connectivity index (χ3v) is 6.42. The SMILES string of the molecule is CCc1ccc(N(C(C)C(=O)NCc2nc(-c3cccs3)no2)S(C)(=O)=O)cc1. The van der Waals surface area contributed by atoms with Crippen molar-refractivity contribution in [2.45, 2.75) is 32.9 Å². The first-order valence-electron chi connectivity index (χ1n) is 9.02. The highest BCUT2D eigenvalue weighted by Gasteiger charge is 2.29. The van der Waals surface area contributed by atoms with Crippen LogP contribution >= 0.6 is 11.3 Å². The minimum atomic E-state index is -3.67. The second-order valence-electron chi connectivity index (χ2n) is 6.46. The molecule has 154 valence electrons. The minimum Gasteiger partial charge on any atom is -0.345 e. The van der Waals surface area contributed by atoms with E-state index in [9.17, 15) is 13.2 Å². The van der Waals surface area contributed by atoms with E-state index in [1.54, 1.807) is 12.1 Å². The van der Waals surface area contributed by atoms with Gasteiger partial charge in [-0.3, -0.25) is 9.10 Å². The maximum Gasteiger partial charge on any atom is 0.246 e. The molecule has 0 saturated heterocycles. The number of amides is 1. The summed E-state index contributed by atoms with van der Waals surface area (Å²) in [5.74, 6) is 0.226. The lowest BCUT2D eigenvalue weighted by atomic mass is 10.1. The van der Waals surface area contributed by atoms with Crippen molar-refractivity contribution >= 4 is 33.0 Å². The van der Waals surface area contributed by atoms with E-state index in [1.807, 2.05) is 36.6 Å². The summed E-state index contributed by atoms with van der Waals surface area (Å²) in [7, 11) is -3.67. The molecule has 0 aliphatic rings. The fourth-order valence-electron chi connectivity index (χ4n) is 2.83. The molecule has 29 heavy (non-hydrogen) atoms. The van der Waals surface area contributed by atoms with Crippen LogP contribution in [-0.4, -0.2) is 36.8 Å². The van der Waals surface area contributed by atoms with Gasteiger partial charge in [-0.2, -0.15) is 4.98 Å². The predicted octanol–water partition coefficient (Wildman–Crippen LogP) is 2.83. The number of aryl methyl sites for hydroxylation is 1. The van der Waals surface area contributed by atoms with Crippen molar-refractivity contribution in [1.82, 2.24) is 15.5 Å². The third kappa shape index (κ3) is 5.01. The number of rotatable bonds is 8. The Morgan fingerprint density at radius 2 is 2.00 bits per heavy atom. The standard InChI is InChI=1S/C19H22N4O4S2/c1-4-14-7-9-15(10-8-14)23(29(3,25)26)13(2)19(24)20-12-17-21-18(22-27-17)16-6-5-11-28-16/h5-11,13H,4,12H2,1-3H3,(H,20,24). The lowest BCUT2D eigenvalue weighted by Gasteiger charge is -2.28. The van der Waals surface area contributed by atoms with Gasteiger partial charge in [0, 0.05) is 0 Å². The van der Waals surface area contributed by atoms with E-state index < -0.39 is 22.0 Å². The van der Waals surface area contributed by atoms with Crippen molar-refractivity contribution in [2.24, 2.45) is 0 Å². The Hall–Kier alpha value is -2.72. The summed E-state index contributed by atoms with van der Waals surface area (Å²) in [6.45, 7) is 3.56. The number of carbonyl (C=O) groups excluding carboxylic acids is 1. The first-order valence-corrected chi connectivity index (χ1v) is 11.7. The van der Waals surface area contributed by atoms with Gasteiger partial charge < -0.3 is 9.84 Å². The van der Waals surface area contributed by atoms with Gasteiger partial charge in [0.1, 0.15) is 6.04 Å². The topological polar surface area (TPSA) is 105 Å². The number of benzene rings is 1. The van der Waals surface area contributed by atoms with Crippen LogP contribution in [0.15, 0.2) is 46.3 Å². The average Bonchev–Trinajstić information content (AvgIpc) is 3.37. The van der Waals surface area contributed by atoms with Crippen LogP contribution in [0, 0.1) is 0 Å². The molecular weight excluding hydrogens is 412 g/mol. The van der Waals surface area contributed by atoms with Crippen molar-refractivity contribution in [2.75, 3.05) is 10.6 Å². The highest BCUT2D eigenvalue weighted by molar-refractivity contribution is 7.92. The summed E-state index contributed by atoms with van der Waals surface area (Å²) in [6, 6.07) is 9.91. The lowest BCUT2D eigenvalue weighted by Crippen LogP contribution is -2.47. The second kappa shape index (κ2) is 8.75. The lowest BCUT2D eigenvalue weighted by molar-refractivity contribution is -0.122. The average molecular weight is 435 g/mol. The van der Waals surface area contributed by atoms with Crippen molar-refractivity contribution in [1.29, 1.82) is 0 Å². The zero-order valence-electron chi connectivity index (χ0n) is 16.3. The Kier molecular flexibility index (Phi) is 6.33. The fourth-order valence-corrected chi connectivity index (χ4v) is 4.65. The molecule has 3 rings (SSSR count). The van der Waals surface area contributed by atoms with Gasteiger partial charge in [0.2, 0.25) is 27.6 Å². The van der Waals surface area contributed by atoms with Crippen LogP contribution in [0.1, 0.15) is 25.3 Å². The van der Waals surface area contributed by atoms with Crippen LogP contribution in [0.25, 0.3) is 10.7 Å². The zero-order chi connectivity index (χ0) is 21.0. The molecule has 0 aliphatic heterocycles. The third-order valence-electron chi connectivity index (χ3n) is 4.31. The van der Waals surface area contributed by atoms with Crippen molar-refractivity contribution in [3.05, 3.63) is 53.2 Å². The molecule has 1 aromatic carbocycles. The van der Waals surface area contributed by atoms with Gasteiger partial charge in [-0.25, -0.2) is 8.42 Å². The number of anilines is 1. The number of thiophene rings is 1. The van der Waals surface area contributed by atoms with Crippen LogP contribution in [0.5, 0.6) is 0 Å². The maximum atomic E-state index is 12.6. The van der Waals surface area contributed by atoms with E-state index in [0.717, 1.165) is 27.4 Å². The quantitative estimate of drug-likeness (QED) is 0.584. The zero-order valence-corrected chi connectivity index (χ0v) is 18.0. The Morgan fingerprint density at radius 3 is 2.59 bits per heavy atom. The van der Waals surface area contributed by atoms with Gasteiger partial charge in [0.05, 0.1) is 23.4 Å². The fraction of sp³-hybridized carbons (Fsp3) is 0.316. The smallest absolute Gasteiger partial charge is 0.246 e. The second-order valence-corrected chi connectivity index (χ2v) is 9.27. The van der Waals surface area contributed by atoms with Crippen LogP contribution in [0.2, 0.25) is 0 Å². The number of nitrogens with one attached hydrogen (secondary N) is 1. The monoisotopic (exact) mass is 434 g/mol. The van der Waals surface area contributed by atoms with E-state index >= 15 is 0 Å². The van der Waals surface area contributed by atoms with E-state index in [-0.39, 0.29) is 12.4 Å². The molecule has 3 aromatic rings. The van der Waals surface area contributed by atoms with Gasteiger partial charge in [-0.15, -0.1) is 11.3 Å². The Bertz CT molecular complexity index is 1060. The molecule has 0 spiro atoms. The highest BCUT2D eigenvalue weighted by Crippen LogP contribution is 2.23. The van der Waals surface area contributed by atoms with E-state index in [0.29, 0.717) is 11.5 Å². The summed E-state index contributed by atoms with van der Waals surface area (Å²) in [5.41, 5.74) is 1.52. The summed E-state index contributed by atoms with van der Waals surface area (Å²) < 4.78 is 31.0. The molecule has 2 aromatic heterocycles. The molecule has 0 radical (unpaired) electrons. The number of aromatic nitrogens is 2. The number of hydrogen-bond donors (Lipinski definition) is 1. The molecule has 0 saturated carbocycles. The highest BCUT2D eigenvalue weighted by atomic mass is 32.2. The summed E-state index contributed by atoms with van der Waals surface area (Å²) in [6.07, 6.45) is 1.92. The number of sulfonamides is 1. The van der Waals surface area contributed by atoms with Gasteiger partial charge in [0.15, 0.2) is 0 Å². The summed E-state index contributed by atoms with van der Waals surface area (Å²) in [4.78, 5) is 17.7. The molecule has 2 heterocycles. The van der Waals surface area contributed by atoms with E-state index in [1.165, 1.54) is 18.3 Å². The van der Waals surface area contributed by atoms with Crippen LogP contribution in [0.3, 0.4) is 0 Å². The van der Waals surface area contributed by atoms with Gasteiger partial charge >= 0.3 is 0 Å². The Labute approximate surface area is 173 Å². The first kappa shape index (κ1) is 21.0. The molecule has 0 bridgehead atoms. The molecule has 1 unspecified atom stereocenters. The molecule has 0 aliphatic carbocycles. The predicted molar refractivity (Wildman–Crippen MR) is 112 cm³/mol. The van der Waals surface area contributed by atoms with Crippen molar-refractivity contribution in [3.8, 4) is 10.7 Å². The number of nitrogens with zero attached hydrogens (tertiary/aromatic N) is 3. The maximum absolute atomic E-state index is 12.6. The molecular formula is C19H22N4O4S2. The normalized spacial score (nSPS) is 12.5. The number of carbonyl (C=O) groups is 1. The molecule has 1 N–H and O–H groups in total. The molecule has 10 heteroatoms. The van der Waals surface area contributed by atoms with Crippen LogP contribution in [-0.2, 0) is 27.8 Å². The van der Waals surface area contributed by atoms with Crippen LogP contribution < -0.4 is 9.62 Å².